The lowest BCUT2D eigenvalue weighted by Crippen LogP contribution is -2.46. The lowest BCUT2D eigenvalue weighted by molar-refractivity contribution is -0.870. The van der Waals surface area contributed by atoms with Crippen LogP contribution in [0.5, 0.6) is 0 Å². The van der Waals surface area contributed by atoms with Crippen LogP contribution in [0.3, 0.4) is 0 Å². The van der Waals surface area contributed by atoms with Crippen LogP contribution in [0.4, 0.5) is 0 Å². The number of rotatable bonds is 37. The Labute approximate surface area is 298 Å². The summed E-state index contributed by atoms with van der Waals surface area (Å²) in [6.07, 6.45) is 32.5. The Morgan fingerprint density at radius 2 is 1.02 bits per heavy atom. The molecule has 9 heteroatoms. The third kappa shape index (κ3) is 34.0. The van der Waals surface area contributed by atoms with Crippen molar-refractivity contribution in [3.63, 3.8) is 0 Å². The minimum absolute atomic E-state index is 0.0156. The van der Waals surface area contributed by atoms with Crippen LogP contribution in [0.25, 0.3) is 0 Å². The van der Waals surface area contributed by atoms with Crippen LogP contribution >= 0.6 is 7.82 Å². The number of nitrogens with one attached hydrogen (secondary N) is 1. The first-order valence-corrected chi connectivity index (χ1v) is 21.8. The number of amides is 1. The molecule has 288 valence electrons. The number of carbonyl (C=O) groups excluding carboxylic acids is 1. The molecule has 0 aromatic rings. The van der Waals surface area contributed by atoms with E-state index in [2.05, 4.69) is 19.2 Å². The quantitative estimate of drug-likeness (QED) is 0.0379. The van der Waals surface area contributed by atoms with Crippen LogP contribution in [0, 0.1) is 0 Å². The van der Waals surface area contributed by atoms with E-state index >= 15 is 0 Å². The van der Waals surface area contributed by atoms with Gasteiger partial charge in [0.25, 0.3) is 7.82 Å². The zero-order chi connectivity index (χ0) is 35.8. The number of likely N-dealkylation sites (N-methyl/N-ethyl adjacent to an activating group) is 1. The standard InChI is InChI=1S/C39H81N2O6P/c1-6-8-10-12-14-16-17-18-19-20-21-22-23-25-26-28-30-32-38(42)37(36-47-48(44,45)46-35-34-41(3,4)5)40-39(43)33-31-29-27-24-15-13-11-9-7-2/h37-38,42H,6-36H2,1-5H3,(H-,40,43,44,45)/t37-,38+/m1/s1. The van der Waals surface area contributed by atoms with Gasteiger partial charge in [0.2, 0.25) is 5.91 Å². The van der Waals surface area contributed by atoms with Gasteiger partial charge in [-0.3, -0.25) is 9.36 Å². The first-order valence-electron chi connectivity index (χ1n) is 20.4. The van der Waals surface area contributed by atoms with E-state index in [9.17, 15) is 19.4 Å². The van der Waals surface area contributed by atoms with E-state index in [0.717, 1.165) is 38.5 Å². The van der Waals surface area contributed by atoms with Crippen LogP contribution < -0.4 is 10.2 Å². The van der Waals surface area contributed by atoms with Crippen molar-refractivity contribution < 1.29 is 32.9 Å². The van der Waals surface area contributed by atoms with Gasteiger partial charge in [-0.15, -0.1) is 0 Å². The third-order valence-corrected chi connectivity index (χ3v) is 10.3. The van der Waals surface area contributed by atoms with Crippen molar-refractivity contribution in [1.29, 1.82) is 0 Å². The number of hydrogen-bond acceptors (Lipinski definition) is 6. The van der Waals surface area contributed by atoms with Gasteiger partial charge in [0.05, 0.1) is 39.9 Å². The summed E-state index contributed by atoms with van der Waals surface area (Å²) in [5, 5.41) is 13.8. The molecule has 0 aliphatic heterocycles. The number of carbonyl (C=O) groups is 1. The molecule has 2 N–H and O–H groups in total. The van der Waals surface area contributed by atoms with Gasteiger partial charge < -0.3 is 28.8 Å². The Kier molecular flexibility index (Phi) is 32.1. The van der Waals surface area contributed by atoms with Gasteiger partial charge in [0.1, 0.15) is 13.2 Å². The van der Waals surface area contributed by atoms with Crippen molar-refractivity contribution in [2.45, 2.75) is 206 Å². The van der Waals surface area contributed by atoms with Crippen LogP contribution in [-0.4, -0.2) is 68.5 Å². The van der Waals surface area contributed by atoms with Crippen LogP contribution in [0.15, 0.2) is 0 Å². The number of phosphoric ester groups is 1. The lowest BCUT2D eigenvalue weighted by atomic mass is 10.0. The molecule has 0 saturated heterocycles. The van der Waals surface area contributed by atoms with Crippen LogP contribution in [0.2, 0.25) is 0 Å². The van der Waals surface area contributed by atoms with Gasteiger partial charge in [0.15, 0.2) is 0 Å². The SMILES string of the molecule is CCCCCCCCCCCCCCCCCCC[C@H](O)[C@@H](COP(=O)([O-])OCC[N+](C)(C)C)NC(=O)CCCCCCCCCCC. The summed E-state index contributed by atoms with van der Waals surface area (Å²) in [5.74, 6) is -0.167. The fourth-order valence-corrected chi connectivity index (χ4v) is 6.76. The second kappa shape index (κ2) is 32.4. The van der Waals surface area contributed by atoms with Gasteiger partial charge >= 0.3 is 0 Å². The number of phosphoric acid groups is 1. The first kappa shape index (κ1) is 47.5. The maximum absolute atomic E-state index is 12.7. The summed E-state index contributed by atoms with van der Waals surface area (Å²) in [4.78, 5) is 25.1. The Hall–Kier alpha value is -0.500. The summed E-state index contributed by atoms with van der Waals surface area (Å²) in [6, 6.07) is -0.790. The third-order valence-electron chi connectivity index (χ3n) is 9.35. The smallest absolute Gasteiger partial charge is 0.268 e. The van der Waals surface area contributed by atoms with Gasteiger partial charge in [-0.1, -0.05) is 174 Å². The van der Waals surface area contributed by atoms with E-state index in [-0.39, 0.29) is 19.1 Å². The summed E-state index contributed by atoms with van der Waals surface area (Å²) < 4.78 is 23.2. The number of aliphatic hydroxyl groups is 1. The van der Waals surface area contributed by atoms with Crippen molar-refractivity contribution in [1.82, 2.24) is 5.32 Å². The van der Waals surface area contributed by atoms with E-state index in [1.807, 2.05) is 21.1 Å². The Bertz CT molecular complexity index is 763. The highest BCUT2D eigenvalue weighted by Gasteiger charge is 2.24. The van der Waals surface area contributed by atoms with Gasteiger partial charge in [-0.2, -0.15) is 0 Å². The molecular formula is C39H81N2O6P. The molecule has 1 amide bonds. The fourth-order valence-electron chi connectivity index (χ4n) is 6.04. The molecule has 0 aliphatic carbocycles. The Morgan fingerprint density at radius 3 is 1.42 bits per heavy atom. The van der Waals surface area contributed by atoms with Crippen molar-refractivity contribution >= 4 is 13.7 Å². The highest BCUT2D eigenvalue weighted by atomic mass is 31.2. The van der Waals surface area contributed by atoms with Crippen LogP contribution in [-0.2, 0) is 18.4 Å². The predicted octanol–water partition coefficient (Wildman–Crippen LogP) is 10.0. The molecule has 0 bridgehead atoms. The first-order chi connectivity index (χ1) is 23.0. The lowest BCUT2D eigenvalue weighted by Gasteiger charge is -2.30. The van der Waals surface area contributed by atoms with Crippen molar-refractivity contribution in [3.05, 3.63) is 0 Å². The molecule has 1 unspecified atom stereocenters. The van der Waals surface area contributed by atoms with Crippen molar-refractivity contribution in [3.8, 4) is 0 Å². The predicted molar refractivity (Wildman–Crippen MR) is 201 cm³/mol. The maximum Gasteiger partial charge on any atom is 0.268 e. The number of unbranched alkanes of at least 4 members (excludes halogenated alkanes) is 24. The second-order valence-corrected chi connectivity index (χ2v) is 16.8. The minimum atomic E-state index is -4.55. The van der Waals surface area contributed by atoms with E-state index in [1.165, 1.54) is 128 Å². The number of quaternary nitrogens is 1. The summed E-state index contributed by atoms with van der Waals surface area (Å²) in [7, 11) is 1.31. The molecule has 0 aromatic heterocycles. The van der Waals surface area contributed by atoms with Gasteiger partial charge in [-0.05, 0) is 12.8 Å². The molecule has 0 fully saturated rings. The van der Waals surface area contributed by atoms with E-state index in [1.54, 1.807) is 0 Å². The summed E-state index contributed by atoms with van der Waals surface area (Å²) >= 11 is 0. The number of hydrogen-bond donors (Lipinski definition) is 2. The molecule has 0 radical (unpaired) electrons. The monoisotopic (exact) mass is 705 g/mol. The molecule has 0 heterocycles. The van der Waals surface area contributed by atoms with Crippen molar-refractivity contribution in [2.75, 3.05) is 40.9 Å². The summed E-state index contributed by atoms with van der Waals surface area (Å²) in [5.41, 5.74) is 0. The molecular weight excluding hydrogens is 623 g/mol. The molecule has 0 aliphatic rings. The van der Waals surface area contributed by atoms with Crippen molar-refractivity contribution in [2.24, 2.45) is 0 Å². The molecule has 48 heavy (non-hydrogen) atoms. The topological polar surface area (TPSA) is 108 Å². The molecule has 0 spiro atoms. The normalized spacial score (nSPS) is 14.6. The summed E-state index contributed by atoms with van der Waals surface area (Å²) in [6.45, 7) is 4.70. The minimum Gasteiger partial charge on any atom is -0.756 e. The number of aliphatic hydroxyl groups excluding tert-OH is 1. The molecule has 0 rings (SSSR count). The average Bonchev–Trinajstić information content (AvgIpc) is 3.02. The van der Waals surface area contributed by atoms with Gasteiger partial charge in [0, 0.05) is 6.42 Å². The maximum atomic E-state index is 12.7. The highest BCUT2D eigenvalue weighted by Crippen LogP contribution is 2.38. The Balaban J connectivity index is 4.34. The number of nitrogens with zero attached hydrogens (tertiary/aromatic N) is 1. The second-order valence-electron chi connectivity index (χ2n) is 15.4. The zero-order valence-electron chi connectivity index (χ0n) is 32.5. The van der Waals surface area contributed by atoms with E-state index in [0.29, 0.717) is 23.9 Å². The van der Waals surface area contributed by atoms with Gasteiger partial charge in [-0.25, -0.2) is 0 Å². The molecule has 3 atom stereocenters. The van der Waals surface area contributed by atoms with E-state index in [4.69, 9.17) is 9.05 Å². The van der Waals surface area contributed by atoms with E-state index < -0.39 is 20.0 Å². The molecule has 0 aromatic carbocycles. The molecule has 0 saturated carbocycles. The Morgan fingerprint density at radius 1 is 0.646 bits per heavy atom. The zero-order valence-corrected chi connectivity index (χ0v) is 33.4. The highest BCUT2D eigenvalue weighted by molar-refractivity contribution is 7.45. The fraction of sp³-hybridized carbons (Fsp3) is 0.974. The molecule has 8 nitrogen and oxygen atoms in total. The van der Waals surface area contributed by atoms with Crippen LogP contribution in [0.1, 0.15) is 194 Å². The largest absolute Gasteiger partial charge is 0.756 e. The average molecular weight is 705 g/mol.